The fourth-order valence-electron chi connectivity index (χ4n) is 5.59. The number of rotatable bonds is 14. The van der Waals surface area contributed by atoms with Crippen LogP contribution >= 0.6 is 0 Å². The van der Waals surface area contributed by atoms with Gasteiger partial charge >= 0.3 is 0 Å². The Bertz CT molecular complexity index is 1050. The number of aliphatic carboxylic acids is 1. The fraction of sp³-hybridized carbons (Fsp3) is 0.700. The van der Waals surface area contributed by atoms with Crippen molar-refractivity contribution in [2.24, 2.45) is 0 Å². The van der Waals surface area contributed by atoms with E-state index in [1.165, 1.54) is 108 Å². The van der Waals surface area contributed by atoms with Crippen LogP contribution in [0.15, 0.2) is 30.0 Å². The maximum absolute atomic E-state index is 12.6. The summed E-state index contributed by atoms with van der Waals surface area (Å²) < 4.78 is 25.0. The standard InChI is InChI=1S/C16H36N.C14H14N2O5S/c1-5-9-13-17(14-10-6-2,15-11-7-3)16-12-8-4;1-14(2)10(13(18)19)16-11(17)9(12(16)22(14,20)21)7-8-5-3-4-6-15-8/h5-16H2,1-4H3;3-7,10,12H,1-2H3,(H,18,19)/q+1;/p-1/b;9-7+/t;10-,12+/m.0/s1. The number of carboxylic acid groups (broad SMARTS) is 1. The number of carboxylic acids is 1. The van der Waals surface area contributed by atoms with Crippen molar-refractivity contribution in [1.29, 1.82) is 0 Å². The van der Waals surface area contributed by atoms with Crippen molar-refractivity contribution in [1.82, 2.24) is 9.88 Å². The van der Waals surface area contributed by atoms with Crippen molar-refractivity contribution >= 4 is 27.8 Å². The number of hydrogen-bond donors (Lipinski definition) is 0. The molecule has 220 valence electrons. The second-order valence-electron chi connectivity index (χ2n) is 11.4. The number of quaternary nitrogens is 1. The Labute approximate surface area is 236 Å². The van der Waals surface area contributed by atoms with Gasteiger partial charge in [-0.25, -0.2) is 8.42 Å². The predicted octanol–water partition coefficient (Wildman–Crippen LogP) is 3.96. The number of aromatic nitrogens is 1. The molecular weight excluding hydrogens is 514 g/mol. The van der Waals surface area contributed by atoms with Crippen LogP contribution < -0.4 is 5.11 Å². The summed E-state index contributed by atoms with van der Waals surface area (Å²) in [5, 5.41) is 10.1. The maximum Gasteiger partial charge on any atom is 0.254 e. The van der Waals surface area contributed by atoms with Gasteiger partial charge in [-0.2, -0.15) is 0 Å². The van der Waals surface area contributed by atoms with Gasteiger partial charge in [-0.05, 0) is 57.7 Å². The van der Waals surface area contributed by atoms with Crippen molar-refractivity contribution in [3.63, 3.8) is 0 Å². The molecular formula is C30H49N3O5S. The van der Waals surface area contributed by atoms with Crippen LogP contribution in [0.5, 0.6) is 0 Å². The second kappa shape index (κ2) is 14.4. The van der Waals surface area contributed by atoms with E-state index in [1.807, 2.05) is 0 Å². The third-order valence-electron chi connectivity index (χ3n) is 8.12. The highest BCUT2D eigenvalue weighted by Gasteiger charge is 2.68. The number of unbranched alkanes of at least 4 members (excludes halogenated alkanes) is 4. The van der Waals surface area contributed by atoms with E-state index >= 15 is 0 Å². The lowest BCUT2D eigenvalue weighted by Gasteiger charge is -2.39. The highest BCUT2D eigenvalue weighted by Crippen LogP contribution is 2.48. The predicted molar refractivity (Wildman–Crippen MR) is 154 cm³/mol. The zero-order valence-electron chi connectivity index (χ0n) is 24.8. The Balaban J connectivity index is 0.000000285. The lowest BCUT2D eigenvalue weighted by atomic mass is 9.95. The third kappa shape index (κ3) is 7.28. The molecule has 1 amide bonds. The largest absolute Gasteiger partial charge is 0.548 e. The molecule has 0 saturated carbocycles. The van der Waals surface area contributed by atoms with Crippen molar-refractivity contribution < 1.29 is 27.6 Å². The lowest BCUT2D eigenvalue weighted by molar-refractivity contribution is -0.929. The number of amides is 1. The van der Waals surface area contributed by atoms with Crippen LogP contribution in [0.4, 0.5) is 0 Å². The van der Waals surface area contributed by atoms with Gasteiger partial charge in [0.1, 0.15) is 0 Å². The summed E-state index contributed by atoms with van der Waals surface area (Å²) in [7, 11) is -3.87. The molecule has 3 heterocycles. The Hall–Kier alpha value is -2.26. The van der Waals surface area contributed by atoms with Crippen LogP contribution in [-0.2, 0) is 19.4 Å². The maximum atomic E-state index is 12.6. The zero-order chi connectivity index (χ0) is 29.3. The van der Waals surface area contributed by atoms with Gasteiger partial charge in [-0.3, -0.25) is 9.78 Å². The van der Waals surface area contributed by atoms with Gasteiger partial charge < -0.3 is 19.3 Å². The number of fused-ring (bicyclic) bond motifs is 1. The molecule has 2 aliphatic heterocycles. The van der Waals surface area contributed by atoms with Crippen LogP contribution in [0, 0.1) is 0 Å². The molecule has 0 radical (unpaired) electrons. The van der Waals surface area contributed by atoms with Crippen LogP contribution in [0.1, 0.15) is 98.6 Å². The molecule has 0 unspecified atom stereocenters. The Morgan fingerprint density at radius 1 is 0.974 bits per heavy atom. The van der Waals surface area contributed by atoms with E-state index in [0.29, 0.717) is 5.69 Å². The molecule has 2 aliphatic rings. The molecule has 0 bridgehead atoms. The molecule has 1 aromatic rings. The SMILES string of the molecule is CC1(C)[C@H](C(=O)[O-])N2C(=O)/C(=C\c3ccccn3)[C@H]2S1(=O)=O.CCCC[N+](CCCC)(CCCC)CCCC. The summed E-state index contributed by atoms with van der Waals surface area (Å²) >= 11 is 0. The molecule has 0 aliphatic carbocycles. The van der Waals surface area contributed by atoms with Gasteiger partial charge in [-0.15, -0.1) is 0 Å². The average Bonchev–Trinajstić information content (AvgIpc) is 3.06. The molecule has 8 nitrogen and oxygen atoms in total. The van der Waals surface area contributed by atoms with E-state index in [-0.39, 0.29) is 5.57 Å². The first-order valence-corrected chi connectivity index (χ1v) is 16.2. The van der Waals surface area contributed by atoms with Crippen molar-refractivity contribution in [2.75, 3.05) is 26.2 Å². The molecule has 0 spiro atoms. The number of hydrogen-bond acceptors (Lipinski definition) is 6. The molecule has 1 aromatic heterocycles. The van der Waals surface area contributed by atoms with E-state index in [4.69, 9.17) is 0 Å². The number of nitrogens with zero attached hydrogens (tertiary/aromatic N) is 3. The molecule has 2 atom stereocenters. The van der Waals surface area contributed by atoms with Gasteiger partial charge in [0, 0.05) is 6.20 Å². The summed E-state index contributed by atoms with van der Waals surface area (Å²) in [6.45, 7) is 17.6. The quantitative estimate of drug-likeness (QED) is 0.193. The number of carbonyl (C=O) groups is 2. The lowest BCUT2D eigenvalue weighted by Crippen LogP contribution is -2.61. The average molecular weight is 564 g/mol. The normalized spacial score (nSPS) is 22.2. The Morgan fingerprint density at radius 2 is 1.46 bits per heavy atom. The molecule has 0 aromatic carbocycles. The fourth-order valence-corrected chi connectivity index (χ4v) is 7.70. The second-order valence-corrected chi connectivity index (χ2v) is 14.0. The summed E-state index contributed by atoms with van der Waals surface area (Å²) in [6.07, 6.45) is 14.0. The van der Waals surface area contributed by atoms with E-state index in [0.717, 1.165) is 4.90 Å². The van der Waals surface area contributed by atoms with Crippen LogP contribution in [0.25, 0.3) is 6.08 Å². The monoisotopic (exact) mass is 563 g/mol. The van der Waals surface area contributed by atoms with Gasteiger partial charge in [0.15, 0.2) is 15.2 Å². The van der Waals surface area contributed by atoms with E-state index in [9.17, 15) is 23.1 Å². The van der Waals surface area contributed by atoms with E-state index in [1.54, 1.807) is 18.2 Å². The number of pyridine rings is 1. The zero-order valence-corrected chi connectivity index (χ0v) is 25.6. The minimum absolute atomic E-state index is 0.0375. The number of sulfone groups is 1. The van der Waals surface area contributed by atoms with E-state index < -0.39 is 37.9 Å². The first kappa shape index (κ1) is 32.9. The smallest absolute Gasteiger partial charge is 0.254 e. The highest BCUT2D eigenvalue weighted by molar-refractivity contribution is 7.94. The molecule has 3 rings (SSSR count). The molecule has 2 saturated heterocycles. The Morgan fingerprint density at radius 3 is 1.85 bits per heavy atom. The first-order valence-electron chi connectivity index (χ1n) is 14.7. The molecule has 0 N–H and O–H groups in total. The molecule has 2 fully saturated rings. The third-order valence-corrected chi connectivity index (χ3v) is 10.9. The molecule has 39 heavy (non-hydrogen) atoms. The van der Waals surface area contributed by atoms with Crippen LogP contribution in [0.2, 0.25) is 0 Å². The summed E-state index contributed by atoms with van der Waals surface area (Å²) in [4.78, 5) is 28.4. The van der Waals surface area contributed by atoms with E-state index in [2.05, 4.69) is 32.7 Å². The topological polar surface area (TPSA) is 107 Å². The van der Waals surface area contributed by atoms with Gasteiger partial charge in [0.25, 0.3) is 5.91 Å². The van der Waals surface area contributed by atoms with Crippen LogP contribution in [0.3, 0.4) is 0 Å². The summed E-state index contributed by atoms with van der Waals surface area (Å²) in [5.41, 5.74) is 0.478. The van der Waals surface area contributed by atoms with Crippen molar-refractivity contribution in [2.45, 2.75) is 109 Å². The van der Waals surface area contributed by atoms with Gasteiger partial charge in [-0.1, -0.05) is 59.4 Å². The Kier molecular flexibility index (Phi) is 12.2. The van der Waals surface area contributed by atoms with Crippen molar-refractivity contribution in [3.05, 3.63) is 35.7 Å². The first-order chi connectivity index (χ1) is 18.4. The summed E-state index contributed by atoms with van der Waals surface area (Å²) in [5.74, 6) is -2.18. The van der Waals surface area contributed by atoms with Gasteiger partial charge in [0.05, 0.1) is 54.2 Å². The van der Waals surface area contributed by atoms with Gasteiger partial charge in [0.2, 0.25) is 0 Å². The number of β-lactam (4-membered cyclic amide) rings is 1. The minimum Gasteiger partial charge on any atom is -0.548 e. The number of carbonyl (C=O) groups excluding carboxylic acids is 2. The minimum atomic E-state index is -3.87. The molecule has 9 heteroatoms. The summed E-state index contributed by atoms with van der Waals surface area (Å²) in [6, 6.07) is 3.54. The van der Waals surface area contributed by atoms with Crippen molar-refractivity contribution in [3.8, 4) is 0 Å². The van der Waals surface area contributed by atoms with Crippen LogP contribution in [-0.4, -0.2) is 77.0 Å². The highest BCUT2D eigenvalue weighted by atomic mass is 32.2.